The predicted octanol–water partition coefficient (Wildman–Crippen LogP) is 2.93. The lowest BCUT2D eigenvalue weighted by Crippen LogP contribution is -2.05. The van der Waals surface area contributed by atoms with Gasteiger partial charge in [-0.3, -0.25) is 4.79 Å². The van der Waals surface area contributed by atoms with E-state index in [1.807, 2.05) is 18.2 Å². The topological polar surface area (TPSA) is 59.2 Å². The zero-order valence-corrected chi connectivity index (χ0v) is 12.4. The van der Waals surface area contributed by atoms with E-state index in [4.69, 9.17) is 4.74 Å². The van der Waals surface area contributed by atoms with Gasteiger partial charge in [-0.15, -0.1) is 0 Å². The second-order valence-corrected chi connectivity index (χ2v) is 5.32. The van der Waals surface area contributed by atoms with Gasteiger partial charge in [0.2, 0.25) is 5.56 Å². The molecule has 2 aromatic rings. The summed E-state index contributed by atoms with van der Waals surface area (Å²) in [4.78, 5) is 25.7. The van der Waals surface area contributed by atoms with Gasteiger partial charge in [0, 0.05) is 12.3 Å². The molecule has 22 heavy (non-hydrogen) atoms. The van der Waals surface area contributed by atoms with E-state index in [0.717, 1.165) is 41.5 Å². The number of allylic oxidation sites excluding steroid dienone is 1. The summed E-state index contributed by atoms with van der Waals surface area (Å²) in [7, 11) is 1.39. The number of esters is 1. The Bertz CT molecular complexity index is 782. The molecule has 1 aliphatic carbocycles. The van der Waals surface area contributed by atoms with Crippen LogP contribution in [0.4, 0.5) is 0 Å². The van der Waals surface area contributed by atoms with Gasteiger partial charge >= 0.3 is 5.97 Å². The van der Waals surface area contributed by atoms with Crippen molar-refractivity contribution in [3.63, 3.8) is 0 Å². The van der Waals surface area contributed by atoms with Crippen molar-refractivity contribution in [3.05, 3.63) is 75.2 Å². The van der Waals surface area contributed by atoms with E-state index in [-0.39, 0.29) is 11.5 Å². The summed E-state index contributed by atoms with van der Waals surface area (Å²) < 4.78 is 4.79. The van der Waals surface area contributed by atoms with Crippen LogP contribution >= 0.6 is 0 Å². The fraction of sp³-hybridized carbons (Fsp3) is 0.222. The number of hydrogen-bond acceptors (Lipinski definition) is 3. The Labute approximate surface area is 128 Å². The van der Waals surface area contributed by atoms with Crippen molar-refractivity contribution in [2.75, 3.05) is 7.11 Å². The summed E-state index contributed by atoms with van der Waals surface area (Å²) in [6, 6.07) is 9.02. The number of hydrogen-bond donors (Lipinski definition) is 1. The second-order valence-electron chi connectivity index (χ2n) is 5.32. The van der Waals surface area contributed by atoms with Gasteiger partial charge in [-0.1, -0.05) is 12.1 Å². The lowest BCUT2D eigenvalue weighted by molar-refractivity contribution is 0.0600. The number of fused-ring (bicyclic) bond motifs is 1. The maximum Gasteiger partial charge on any atom is 0.337 e. The number of ether oxygens (including phenoxy) is 1. The zero-order chi connectivity index (χ0) is 15.5. The third kappa shape index (κ3) is 2.72. The fourth-order valence-corrected chi connectivity index (χ4v) is 2.81. The molecule has 1 heterocycles. The molecule has 0 unspecified atom stereocenters. The molecule has 0 atom stereocenters. The van der Waals surface area contributed by atoms with Crippen molar-refractivity contribution in [1.29, 1.82) is 0 Å². The molecule has 4 heteroatoms. The van der Waals surface area contributed by atoms with Crippen molar-refractivity contribution in [2.45, 2.75) is 19.3 Å². The number of carbonyl (C=O) groups excluding carboxylic acids is 1. The smallest absolute Gasteiger partial charge is 0.337 e. The summed E-state index contributed by atoms with van der Waals surface area (Å²) in [5.74, 6) is -0.318. The molecular weight excluding hydrogens is 278 g/mol. The molecule has 0 saturated heterocycles. The summed E-state index contributed by atoms with van der Waals surface area (Å²) >= 11 is 0. The minimum Gasteiger partial charge on any atom is -0.465 e. The highest BCUT2D eigenvalue weighted by molar-refractivity contribution is 5.91. The molecule has 1 N–H and O–H groups in total. The maximum atomic E-state index is 11.7. The predicted molar refractivity (Wildman–Crippen MR) is 84.9 cm³/mol. The van der Waals surface area contributed by atoms with Crippen LogP contribution in [0.5, 0.6) is 0 Å². The normalized spacial score (nSPS) is 13.8. The quantitative estimate of drug-likeness (QED) is 0.867. The number of rotatable bonds is 2. The average molecular weight is 295 g/mol. The third-order valence-corrected chi connectivity index (χ3v) is 3.91. The SMILES string of the molecule is COC(=O)c1ccc2c(c1)CCCC=C2c1ccc(=O)[nH]c1. The number of carbonyl (C=O) groups is 1. The van der Waals surface area contributed by atoms with Crippen molar-refractivity contribution in [2.24, 2.45) is 0 Å². The molecule has 112 valence electrons. The zero-order valence-electron chi connectivity index (χ0n) is 12.4. The molecule has 1 aromatic heterocycles. The van der Waals surface area contributed by atoms with Crippen LogP contribution < -0.4 is 5.56 Å². The number of pyridine rings is 1. The van der Waals surface area contributed by atoms with Crippen LogP contribution in [0.25, 0.3) is 5.57 Å². The van der Waals surface area contributed by atoms with Gasteiger partial charge in [-0.25, -0.2) is 4.79 Å². The van der Waals surface area contributed by atoms with Crippen molar-refractivity contribution >= 4 is 11.5 Å². The van der Waals surface area contributed by atoms with E-state index in [2.05, 4.69) is 11.1 Å². The number of aromatic amines is 1. The molecule has 3 rings (SSSR count). The first-order valence-corrected chi connectivity index (χ1v) is 7.30. The van der Waals surface area contributed by atoms with E-state index in [1.165, 1.54) is 13.2 Å². The van der Waals surface area contributed by atoms with E-state index >= 15 is 0 Å². The lowest BCUT2D eigenvalue weighted by atomic mass is 9.93. The summed E-state index contributed by atoms with van der Waals surface area (Å²) in [5, 5.41) is 0. The molecule has 0 spiro atoms. The third-order valence-electron chi connectivity index (χ3n) is 3.91. The maximum absolute atomic E-state index is 11.7. The number of H-pyrrole nitrogens is 1. The Morgan fingerprint density at radius 1 is 1.23 bits per heavy atom. The molecular formula is C18H17NO3. The monoisotopic (exact) mass is 295 g/mol. The summed E-state index contributed by atoms with van der Waals surface area (Å²) in [6.45, 7) is 0. The Kier molecular flexibility index (Phi) is 3.92. The number of nitrogens with one attached hydrogen (secondary N) is 1. The molecule has 0 aliphatic heterocycles. The Balaban J connectivity index is 2.08. The number of aryl methyl sites for hydroxylation is 1. The Morgan fingerprint density at radius 3 is 2.82 bits per heavy atom. The molecule has 4 nitrogen and oxygen atoms in total. The summed E-state index contributed by atoms with van der Waals surface area (Å²) in [5.41, 5.74) is 4.78. The van der Waals surface area contributed by atoms with Gasteiger partial charge in [-0.2, -0.15) is 0 Å². The van der Waals surface area contributed by atoms with Crippen LogP contribution in [-0.2, 0) is 11.2 Å². The molecule has 0 fully saturated rings. The first kappa shape index (κ1) is 14.3. The minimum atomic E-state index is -0.318. The van der Waals surface area contributed by atoms with E-state index < -0.39 is 0 Å². The van der Waals surface area contributed by atoms with Crippen LogP contribution in [-0.4, -0.2) is 18.1 Å². The Hall–Kier alpha value is -2.62. The van der Waals surface area contributed by atoms with Crippen LogP contribution in [0.15, 0.2) is 47.4 Å². The molecule has 1 aliphatic rings. The van der Waals surface area contributed by atoms with Gasteiger partial charge < -0.3 is 9.72 Å². The molecule has 0 saturated carbocycles. The highest BCUT2D eigenvalue weighted by Crippen LogP contribution is 2.31. The van der Waals surface area contributed by atoms with Gasteiger partial charge in [0.1, 0.15) is 0 Å². The van der Waals surface area contributed by atoms with Gasteiger partial charge in [0.25, 0.3) is 0 Å². The molecule has 1 aromatic carbocycles. The van der Waals surface area contributed by atoms with Crippen LogP contribution in [0.3, 0.4) is 0 Å². The van der Waals surface area contributed by atoms with Crippen LogP contribution in [0.1, 0.15) is 39.9 Å². The van der Waals surface area contributed by atoms with Crippen LogP contribution in [0, 0.1) is 0 Å². The average Bonchev–Trinajstić information content (AvgIpc) is 2.76. The molecule has 0 radical (unpaired) electrons. The van der Waals surface area contributed by atoms with Gasteiger partial charge in [-0.05, 0) is 59.7 Å². The largest absolute Gasteiger partial charge is 0.465 e. The Morgan fingerprint density at radius 2 is 2.09 bits per heavy atom. The second kappa shape index (κ2) is 6.02. The van der Waals surface area contributed by atoms with E-state index in [9.17, 15) is 9.59 Å². The molecule has 0 bridgehead atoms. The number of aromatic nitrogens is 1. The highest BCUT2D eigenvalue weighted by atomic mass is 16.5. The molecule has 0 amide bonds. The van der Waals surface area contributed by atoms with Crippen LogP contribution in [0.2, 0.25) is 0 Å². The van der Waals surface area contributed by atoms with Crippen molar-refractivity contribution < 1.29 is 9.53 Å². The lowest BCUT2D eigenvalue weighted by Gasteiger charge is -2.12. The van der Waals surface area contributed by atoms with Gasteiger partial charge in [0.15, 0.2) is 0 Å². The minimum absolute atomic E-state index is 0.112. The van der Waals surface area contributed by atoms with Gasteiger partial charge in [0.05, 0.1) is 12.7 Å². The van der Waals surface area contributed by atoms with E-state index in [0.29, 0.717) is 5.56 Å². The standard InChI is InChI=1S/C18H17NO3/c1-22-18(21)13-6-8-16-12(10-13)4-2-3-5-15(16)14-7-9-17(20)19-11-14/h5-11H,2-4H2,1H3,(H,19,20). The fourth-order valence-electron chi connectivity index (χ4n) is 2.81. The first-order valence-electron chi connectivity index (χ1n) is 7.30. The van der Waals surface area contributed by atoms with Crippen molar-refractivity contribution in [3.8, 4) is 0 Å². The number of benzene rings is 1. The summed E-state index contributed by atoms with van der Waals surface area (Å²) in [6.07, 6.45) is 6.85. The first-order chi connectivity index (χ1) is 10.7. The highest BCUT2D eigenvalue weighted by Gasteiger charge is 2.16. The number of methoxy groups -OCH3 is 1. The van der Waals surface area contributed by atoms with E-state index in [1.54, 1.807) is 12.3 Å². The van der Waals surface area contributed by atoms with Crippen molar-refractivity contribution in [1.82, 2.24) is 4.98 Å².